The summed E-state index contributed by atoms with van der Waals surface area (Å²) in [6, 6.07) is 7.41. The van der Waals surface area contributed by atoms with Crippen LogP contribution in [0.2, 0.25) is 0 Å². The summed E-state index contributed by atoms with van der Waals surface area (Å²) in [6.07, 6.45) is 2.11. The molecule has 6 nitrogen and oxygen atoms in total. The Morgan fingerprint density at radius 1 is 1.18 bits per heavy atom. The van der Waals surface area contributed by atoms with Gasteiger partial charge in [0.1, 0.15) is 5.75 Å². The van der Waals surface area contributed by atoms with Crippen LogP contribution in [0.3, 0.4) is 0 Å². The standard InChI is InChI=1S/C16H21N3O3/c17-16(21)19-8-5-11(6-9-19)15(20)18-13-7-10-22-14-4-2-1-3-12(13)14/h1-4,11,13H,5-10H2,(H2,17,21)(H,18,20)/t13-/m0/s1. The van der Waals surface area contributed by atoms with Crippen molar-refractivity contribution in [2.75, 3.05) is 19.7 Å². The molecular weight excluding hydrogens is 282 g/mol. The minimum Gasteiger partial charge on any atom is -0.493 e. The summed E-state index contributed by atoms with van der Waals surface area (Å²) in [5.41, 5.74) is 6.30. The van der Waals surface area contributed by atoms with Gasteiger partial charge in [-0.05, 0) is 18.9 Å². The van der Waals surface area contributed by atoms with Gasteiger partial charge in [-0.15, -0.1) is 0 Å². The Balaban J connectivity index is 1.60. The molecule has 1 atom stereocenters. The number of ether oxygens (including phenoxy) is 1. The Morgan fingerprint density at radius 2 is 1.91 bits per heavy atom. The molecule has 1 fully saturated rings. The highest BCUT2D eigenvalue weighted by atomic mass is 16.5. The lowest BCUT2D eigenvalue weighted by molar-refractivity contribution is -0.127. The minimum absolute atomic E-state index is 0.00613. The summed E-state index contributed by atoms with van der Waals surface area (Å²) in [5.74, 6) is 0.860. The number of hydrogen-bond acceptors (Lipinski definition) is 3. The van der Waals surface area contributed by atoms with Gasteiger partial charge in [-0.1, -0.05) is 18.2 Å². The molecule has 2 aliphatic heterocycles. The maximum absolute atomic E-state index is 12.5. The van der Waals surface area contributed by atoms with E-state index < -0.39 is 6.03 Å². The molecule has 0 bridgehead atoms. The van der Waals surface area contributed by atoms with Crippen LogP contribution in [0.5, 0.6) is 5.75 Å². The van der Waals surface area contributed by atoms with Crippen LogP contribution < -0.4 is 15.8 Å². The van der Waals surface area contributed by atoms with E-state index in [1.807, 2.05) is 24.3 Å². The summed E-state index contributed by atoms with van der Waals surface area (Å²) in [6.45, 7) is 1.72. The minimum atomic E-state index is -0.405. The second kappa shape index (κ2) is 6.25. The van der Waals surface area contributed by atoms with E-state index in [2.05, 4.69) is 5.32 Å². The highest BCUT2D eigenvalue weighted by molar-refractivity contribution is 5.80. The normalized spacial score (nSPS) is 21.6. The number of likely N-dealkylation sites (tertiary alicyclic amines) is 1. The van der Waals surface area contributed by atoms with E-state index >= 15 is 0 Å². The van der Waals surface area contributed by atoms with E-state index in [4.69, 9.17) is 10.5 Å². The largest absolute Gasteiger partial charge is 0.493 e. The molecule has 118 valence electrons. The van der Waals surface area contributed by atoms with Crippen molar-refractivity contribution in [2.45, 2.75) is 25.3 Å². The first-order chi connectivity index (χ1) is 10.6. The predicted molar refractivity (Wildman–Crippen MR) is 81.3 cm³/mol. The van der Waals surface area contributed by atoms with E-state index in [1.54, 1.807) is 4.90 Å². The highest BCUT2D eigenvalue weighted by Gasteiger charge is 2.29. The van der Waals surface area contributed by atoms with Crippen LogP contribution in [0.1, 0.15) is 30.9 Å². The zero-order valence-electron chi connectivity index (χ0n) is 12.5. The molecule has 22 heavy (non-hydrogen) atoms. The Hall–Kier alpha value is -2.24. The van der Waals surface area contributed by atoms with E-state index in [-0.39, 0.29) is 17.9 Å². The number of nitrogens with zero attached hydrogens (tertiary/aromatic N) is 1. The van der Waals surface area contributed by atoms with Crippen LogP contribution in [0, 0.1) is 5.92 Å². The summed E-state index contributed by atoms with van der Waals surface area (Å²) in [5, 5.41) is 3.14. The summed E-state index contributed by atoms with van der Waals surface area (Å²) < 4.78 is 5.61. The average Bonchev–Trinajstić information content (AvgIpc) is 2.55. The first-order valence-electron chi connectivity index (χ1n) is 7.71. The number of fused-ring (bicyclic) bond motifs is 1. The van der Waals surface area contributed by atoms with Gasteiger partial charge in [0.2, 0.25) is 5.91 Å². The molecule has 0 radical (unpaired) electrons. The number of primary amides is 1. The van der Waals surface area contributed by atoms with E-state index in [1.165, 1.54) is 0 Å². The number of carbonyl (C=O) groups is 2. The number of hydrogen-bond donors (Lipinski definition) is 2. The first-order valence-corrected chi connectivity index (χ1v) is 7.71. The number of rotatable bonds is 2. The molecule has 1 saturated heterocycles. The first kappa shape index (κ1) is 14.7. The van der Waals surface area contributed by atoms with Crippen molar-refractivity contribution in [1.29, 1.82) is 0 Å². The van der Waals surface area contributed by atoms with Crippen LogP contribution in [0.4, 0.5) is 4.79 Å². The number of piperidine rings is 1. The lowest BCUT2D eigenvalue weighted by atomic mass is 9.94. The molecule has 0 saturated carbocycles. The molecule has 6 heteroatoms. The third-order valence-electron chi connectivity index (χ3n) is 4.45. The molecule has 3 N–H and O–H groups in total. The van der Waals surface area contributed by atoms with Gasteiger partial charge >= 0.3 is 6.03 Å². The highest BCUT2D eigenvalue weighted by Crippen LogP contribution is 2.32. The van der Waals surface area contributed by atoms with Crippen molar-refractivity contribution < 1.29 is 14.3 Å². The topological polar surface area (TPSA) is 84.7 Å². The monoisotopic (exact) mass is 303 g/mol. The van der Waals surface area contributed by atoms with Gasteiger partial charge in [0.15, 0.2) is 0 Å². The number of urea groups is 1. The molecule has 3 amide bonds. The smallest absolute Gasteiger partial charge is 0.314 e. The zero-order chi connectivity index (χ0) is 15.5. The number of benzene rings is 1. The molecule has 1 aromatic carbocycles. The molecule has 2 heterocycles. The van der Waals surface area contributed by atoms with Crippen LogP contribution >= 0.6 is 0 Å². The molecule has 3 rings (SSSR count). The fraction of sp³-hybridized carbons (Fsp3) is 0.500. The predicted octanol–water partition coefficient (Wildman–Crippen LogP) is 1.42. The molecule has 1 aromatic rings. The Bertz CT molecular complexity index is 568. The lowest BCUT2D eigenvalue weighted by Gasteiger charge is -2.32. The van der Waals surface area contributed by atoms with Crippen molar-refractivity contribution in [3.05, 3.63) is 29.8 Å². The fourth-order valence-electron chi connectivity index (χ4n) is 3.14. The van der Waals surface area contributed by atoms with Crippen LogP contribution in [-0.4, -0.2) is 36.5 Å². The second-order valence-corrected chi connectivity index (χ2v) is 5.84. The van der Waals surface area contributed by atoms with Gasteiger partial charge in [-0.3, -0.25) is 4.79 Å². The third kappa shape index (κ3) is 3.00. The number of carbonyl (C=O) groups excluding carboxylic acids is 2. The maximum Gasteiger partial charge on any atom is 0.314 e. The molecular formula is C16H21N3O3. The van der Waals surface area contributed by atoms with Crippen molar-refractivity contribution in [2.24, 2.45) is 11.7 Å². The van der Waals surface area contributed by atoms with Crippen molar-refractivity contribution in [3.63, 3.8) is 0 Å². The van der Waals surface area contributed by atoms with Gasteiger partial charge in [0, 0.05) is 31.0 Å². The van der Waals surface area contributed by atoms with E-state index in [0.29, 0.717) is 32.5 Å². The molecule has 0 aromatic heterocycles. The number of nitrogens with one attached hydrogen (secondary N) is 1. The van der Waals surface area contributed by atoms with Crippen LogP contribution in [0.15, 0.2) is 24.3 Å². The summed E-state index contributed by atoms with van der Waals surface area (Å²) >= 11 is 0. The summed E-state index contributed by atoms with van der Waals surface area (Å²) in [4.78, 5) is 25.2. The van der Waals surface area contributed by atoms with Crippen LogP contribution in [-0.2, 0) is 4.79 Å². The van der Waals surface area contributed by atoms with E-state index in [0.717, 1.165) is 17.7 Å². The number of amides is 3. The number of nitrogens with two attached hydrogens (primary N) is 1. The van der Waals surface area contributed by atoms with Gasteiger partial charge < -0.3 is 20.7 Å². The molecule has 0 spiro atoms. The number of para-hydroxylation sites is 1. The SMILES string of the molecule is NC(=O)N1CCC(C(=O)N[C@H]2CCOc3ccccc32)CC1. The second-order valence-electron chi connectivity index (χ2n) is 5.84. The molecule has 0 aliphatic carbocycles. The van der Waals surface area contributed by atoms with Gasteiger partial charge in [0.25, 0.3) is 0 Å². The lowest BCUT2D eigenvalue weighted by Crippen LogP contribution is -2.45. The summed E-state index contributed by atoms with van der Waals surface area (Å²) in [7, 11) is 0. The van der Waals surface area contributed by atoms with Gasteiger partial charge in [-0.2, -0.15) is 0 Å². The molecule has 0 unspecified atom stereocenters. The fourth-order valence-corrected chi connectivity index (χ4v) is 3.14. The quantitative estimate of drug-likeness (QED) is 0.866. The van der Waals surface area contributed by atoms with Gasteiger partial charge in [-0.25, -0.2) is 4.79 Å². The van der Waals surface area contributed by atoms with E-state index in [9.17, 15) is 9.59 Å². The Kier molecular flexibility index (Phi) is 4.18. The average molecular weight is 303 g/mol. The van der Waals surface area contributed by atoms with Crippen molar-refractivity contribution in [1.82, 2.24) is 10.2 Å². The Morgan fingerprint density at radius 3 is 2.64 bits per heavy atom. The molecule has 2 aliphatic rings. The third-order valence-corrected chi connectivity index (χ3v) is 4.45. The van der Waals surface area contributed by atoms with Gasteiger partial charge in [0.05, 0.1) is 12.6 Å². The van der Waals surface area contributed by atoms with Crippen molar-refractivity contribution >= 4 is 11.9 Å². The van der Waals surface area contributed by atoms with Crippen LogP contribution in [0.25, 0.3) is 0 Å². The Labute approximate surface area is 129 Å². The zero-order valence-corrected chi connectivity index (χ0v) is 12.5. The van der Waals surface area contributed by atoms with Crippen molar-refractivity contribution in [3.8, 4) is 5.75 Å². The maximum atomic E-state index is 12.5.